The zero-order valence-corrected chi connectivity index (χ0v) is 20.2. The average molecular weight is 464 g/mol. The minimum atomic E-state index is -1.04. The summed E-state index contributed by atoms with van der Waals surface area (Å²) >= 11 is 1.56. The molecular formula is C26H29N3O3S. The second-order valence-electron chi connectivity index (χ2n) is 8.75. The van der Waals surface area contributed by atoms with Gasteiger partial charge in [-0.1, -0.05) is 12.1 Å². The van der Waals surface area contributed by atoms with Gasteiger partial charge in [-0.15, -0.1) is 0 Å². The van der Waals surface area contributed by atoms with Crippen LogP contribution in [0.15, 0.2) is 41.1 Å². The van der Waals surface area contributed by atoms with Crippen LogP contribution in [0.4, 0.5) is 0 Å². The predicted octanol–water partition coefficient (Wildman–Crippen LogP) is 5.16. The van der Waals surface area contributed by atoms with Crippen molar-refractivity contribution in [3.8, 4) is 11.5 Å². The molecule has 0 saturated heterocycles. The van der Waals surface area contributed by atoms with Gasteiger partial charge in [-0.2, -0.15) is 16.1 Å². The number of phenols is 1. The first-order valence-electron chi connectivity index (χ1n) is 11.0. The second-order valence-corrected chi connectivity index (χ2v) is 9.53. The van der Waals surface area contributed by atoms with Crippen molar-refractivity contribution in [2.45, 2.75) is 52.8 Å². The molecule has 1 atom stereocenters. The van der Waals surface area contributed by atoms with Crippen molar-refractivity contribution < 1.29 is 14.6 Å². The van der Waals surface area contributed by atoms with E-state index in [0.717, 1.165) is 43.7 Å². The largest absolute Gasteiger partial charge is 0.621 e. The van der Waals surface area contributed by atoms with E-state index < -0.39 is 5.72 Å². The topological polar surface area (TPSA) is 91.4 Å². The second kappa shape index (κ2) is 8.90. The Morgan fingerprint density at radius 2 is 2.06 bits per heavy atom. The average Bonchev–Trinajstić information content (AvgIpc) is 3.35. The van der Waals surface area contributed by atoms with Gasteiger partial charge in [0.1, 0.15) is 17.3 Å². The van der Waals surface area contributed by atoms with E-state index in [-0.39, 0.29) is 0 Å². The molecule has 0 bridgehead atoms. The molecule has 0 saturated carbocycles. The third-order valence-electron chi connectivity index (χ3n) is 6.46. The van der Waals surface area contributed by atoms with Gasteiger partial charge in [0.05, 0.1) is 6.42 Å². The first-order chi connectivity index (χ1) is 15.7. The summed E-state index contributed by atoms with van der Waals surface area (Å²) in [6, 6.07) is 9.61. The molecular weight excluding hydrogens is 434 g/mol. The molecule has 4 rings (SSSR count). The van der Waals surface area contributed by atoms with E-state index in [9.17, 15) is 10.3 Å². The highest BCUT2D eigenvalue weighted by Crippen LogP contribution is 2.43. The van der Waals surface area contributed by atoms with Gasteiger partial charge in [0, 0.05) is 35.5 Å². The summed E-state index contributed by atoms with van der Waals surface area (Å²) in [5, 5.41) is 38.7. The van der Waals surface area contributed by atoms with Crippen molar-refractivity contribution in [3.63, 3.8) is 0 Å². The number of nitrogens with zero attached hydrogens (tertiary/aromatic N) is 1. The van der Waals surface area contributed by atoms with Crippen molar-refractivity contribution in [1.29, 1.82) is 5.41 Å². The molecule has 0 aliphatic carbocycles. The molecule has 0 fully saturated rings. The molecule has 33 heavy (non-hydrogen) atoms. The van der Waals surface area contributed by atoms with E-state index in [2.05, 4.69) is 5.32 Å². The predicted molar refractivity (Wildman–Crippen MR) is 133 cm³/mol. The highest BCUT2D eigenvalue weighted by atomic mass is 32.1. The Hall–Kier alpha value is -3.32. The minimum Gasteiger partial charge on any atom is -0.621 e. The molecule has 7 heteroatoms. The number of hydroxylamine groups is 1. The Balaban J connectivity index is 1.53. The monoisotopic (exact) mass is 463 g/mol. The molecule has 1 aromatic heterocycles. The molecule has 6 nitrogen and oxygen atoms in total. The van der Waals surface area contributed by atoms with E-state index in [0.29, 0.717) is 36.7 Å². The van der Waals surface area contributed by atoms with Crippen LogP contribution < -0.4 is 10.1 Å². The van der Waals surface area contributed by atoms with Crippen LogP contribution in [-0.2, 0) is 13.0 Å². The Morgan fingerprint density at radius 3 is 2.79 bits per heavy atom. The standard InChI is InChI=1S/C26H29N3O3S/c1-16-17(2)24-22(18(3)23(16)30)8-10-26(4,32-24)29(31)14-20-7-5-6-19(12-20)13-28-25(27)21-9-11-33-15-21/h5-7,9,11-12,14-15,30H,8,10,13H2,1-4H3,(H2,27,28)/b29-14-. The van der Waals surface area contributed by atoms with Gasteiger partial charge in [-0.3, -0.25) is 5.41 Å². The van der Waals surface area contributed by atoms with Crippen molar-refractivity contribution >= 4 is 23.4 Å². The lowest BCUT2D eigenvalue weighted by Crippen LogP contribution is -2.46. The molecule has 1 unspecified atom stereocenters. The van der Waals surface area contributed by atoms with Gasteiger partial charge in [-0.05, 0) is 73.0 Å². The summed E-state index contributed by atoms with van der Waals surface area (Å²) in [5.41, 5.74) is 5.03. The fourth-order valence-corrected chi connectivity index (χ4v) is 4.79. The molecule has 3 aromatic rings. The summed E-state index contributed by atoms with van der Waals surface area (Å²) in [6.45, 7) is 7.99. The van der Waals surface area contributed by atoms with E-state index in [1.165, 1.54) is 0 Å². The normalized spacial score (nSPS) is 17.9. The van der Waals surface area contributed by atoms with Crippen LogP contribution in [-0.4, -0.2) is 27.6 Å². The third-order valence-corrected chi connectivity index (χ3v) is 7.15. The summed E-state index contributed by atoms with van der Waals surface area (Å²) in [4.78, 5) is 0. The summed E-state index contributed by atoms with van der Waals surface area (Å²) in [6.07, 6.45) is 2.74. The summed E-state index contributed by atoms with van der Waals surface area (Å²) < 4.78 is 7.18. The van der Waals surface area contributed by atoms with Gasteiger partial charge in [0.2, 0.25) is 0 Å². The number of aromatic hydroxyl groups is 1. The van der Waals surface area contributed by atoms with Crippen LogP contribution in [0.3, 0.4) is 0 Å². The number of thiophene rings is 1. The number of hydrogen-bond donors (Lipinski definition) is 3. The molecule has 3 N–H and O–H groups in total. The van der Waals surface area contributed by atoms with E-state index >= 15 is 0 Å². The maximum Gasteiger partial charge on any atom is 0.313 e. The maximum absolute atomic E-state index is 13.2. The fourth-order valence-electron chi connectivity index (χ4n) is 4.15. The quantitative estimate of drug-likeness (QED) is 0.160. The third kappa shape index (κ3) is 4.46. The molecule has 172 valence electrons. The first-order valence-corrected chi connectivity index (χ1v) is 11.9. The molecule has 0 radical (unpaired) electrons. The number of rotatable bonds is 5. The van der Waals surface area contributed by atoms with Crippen molar-refractivity contribution in [3.05, 3.63) is 85.2 Å². The molecule has 1 aliphatic rings. The van der Waals surface area contributed by atoms with E-state index in [1.807, 2.05) is 68.8 Å². The van der Waals surface area contributed by atoms with Crippen LogP contribution in [0.25, 0.3) is 0 Å². The van der Waals surface area contributed by atoms with Crippen LogP contribution >= 0.6 is 11.3 Å². The molecule has 0 amide bonds. The Kier molecular flexibility index (Phi) is 6.17. The fraction of sp³-hybridized carbons (Fsp3) is 0.308. The number of phenolic OH excluding ortho intramolecular Hbond substituents is 1. The highest BCUT2D eigenvalue weighted by Gasteiger charge is 2.41. The summed E-state index contributed by atoms with van der Waals surface area (Å²) in [7, 11) is 0. The highest BCUT2D eigenvalue weighted by molar-refractivity contribution is 7.08. The smallest absolute Gasteiger partial charge is 0.313 e. The van der Waals surface area contributed by atoms with Crippen molar-refractivity contribution in [2.75, 3.05) is 0 Å². The lowest BCUT2D eigenvalue weighted by atomic mass is 9.90. The number of benzene rings is 2. The number of nitrogens with one attached hydrogen (secondary N) is 2. The minimum absolute atomic E-state index is 0.307. The Morgan fingerprint density at radius 1 is 1.27 bits per heavy atom. The zero-order valence-electron chi connectivity index (χ0n) is 19.4. The lowest BCUT2D eigenvalue weighted by molar-refractivity contribution is -0.592. The molecule has 2 heterocycles. The Bertz CT molecular complexity index is 1230. The van der Waals surface area contributed by atoms with Gasteiger partial charge in [0.15, 0.2) is 6.21 Å². The number of amidine groups is 1. The number of hydrogen-bond acceptors (Lipinski definition) is 5. The Labute approximate surface area is 198 Å². The van der Waals surface area contributed by atoms with Crippen LogP contribution in [0.1, 0.15) is 52.3 Å². The summed E-state index contributed by atoms with van der Waals surface area (Å²) in [5.74, 6) is 1.39. The lowest BCUT2D eigenvalue weighted by Gasteiger charge is -2.35. The molecule has 0 spiro atoms. The van der Waals surface area contributed by atoms with E-state index in [4.69, 9.17) is 10.1 Å². The number of ether oxygens (including phenoxy) is 1. The van der Waals surface area contributed by atoms with E-state index in [1.54, 1.807) is 17.6 Å². The van der Waals surface area contributed by atoms with Crippen molar-refractivity contribution in [1.82, 2.24) is 5.32 Å². The SMILES string of the molecule is Cc1c(C)c2c(c(C)c1O)CCC(C)(/[N+]([O-])=C/c1cccc(CNC(=N)c3ccsc3)c1)O2. The van der Waals surface area contributed by atoms with Gasteiger partial charge in [-0.25, -0.2) is 0 Å². The molecule has 1 aliphatic heterocycles. The zero-order chi connectivity index (χ0) is 23.8. The van der Waals surface area contributed by atoms with Gasteiger partial charge < -0.3 is 20.4 Å². The number of fused-ring (bicyclic) bond motifs is 1. The van der Waals surface area contributed by atoms with Crippen molar-refractivity contribution in [2.24, 2.45) is 0 Å². The maximum atomic E-state index is 13.2. The van der Waals surface area contributed by atoms with Crippen LogP contribution in [0.5, 0.6) is 11.5 Å². The van der Waals surface area contributed by atoms with Crippen LogP contribution in [0.2, 0.25) is 0 Å². The van der Waals surface area contributed by atoms with Gasteiger partial charge in [0.25, 0.3) is 0 Å². The van der Waals surface area contributed by atoms with Crippen LogP contribution in [0, 0.1) is 31.4 Å². The molecule has 2 aromatic carbocycles. The first kappa shape index (κ1) is 22.9. The van der Waals surface area contributed by atoms with Gasteiger partial charge >= 0.3 is 5.72 Å².